The van der Waals surface area contributed by atoms with Gasteiger partial charge in [-0.2, -0.15) is 0 Å². The molecular formula is C18H18N4O. The average Bonchev–Trinajstić information content (AvgIpc) is 2.90. The van der Waals surface area contributed by atoms with Crippen LogP contribution in [0.1, 0.15) is 33.7 Å². The van der Waals surface area contributed by atoms with Crippen molar-refractivity contribution in [3.63, 3.8) is 0 Å². The Morgan fingerprint density at radius 2 is 2.09 bits per heavy atom. The summed E-state index contributed by atoms with van der Waals surface area (Å²) in [6.45, 7) is 1.85. The number of benzene rings is 1. The molecule has 0 saturated carbocycles. The van der Waals surface area contributed by atoms with Gasteiger partial charge in [-0.3, -0.25) is 9.20 Å². The molecule has 1 aliphatic rings. The third-order valence-corrected chi connectivity index (χ3v) is 4.48. The minimum Gasteiger partial charge on any atom is -0.348 e. The Hall–Kier alpha value is -2.69. The predicted molar refractivity (Wildman–Crippen MR) is 87.4 cm³/mol. The molecule has 0 bridgehead atoms. The van der Waals surface area contributed by atoms with Crippen molar-refractivity contribution in [1.29, 1.82) is 0 Å². The number of hydrogen-bond donors (Lipinski definition) is 1. The summed E-state index contributed by atoms with van der Waals surface area (Å²) in [6.07, 6.45) is 6.37. The molecular weight excluding hydrogens is 288 g/mol. The summed E-state index contributed by atoms with van der Waals surface area (Å²) < 4.78 is 1.75. The van der Waals surface area contributed by atoms with Crippen molar-refractivity contribution in [3.8, 4) is 0 Å². The van der Waals surface area contributed by atoms with Crippen molar-refractivity contribution in [3.05, 3.63) is 65.2 Å². The number of imidazole rings is 1. The highest BCUT2D eigenvalue weighted by Gasteiger charge is 2.23. The first kappa shape index (κ1) is 13.9. The van der Waals surface area contributed by atoms with Gasteiger partial charge in [0.25, 0.3) is 5.91 Å². The van der Waals surface area contributed by atoms with E-state index in [0.717, 1.165) is 19.3 Å². The van der Waals surface area contributed by atoms with Crippen LogP contribution in [-0.2, 0) is 12.8 Å². The molecule has 2 heterocycles. The summed E-state index contributed by atoms with van der Waals surface area (Å²) in [5.41, 5.74) is 4.01. The topological polar surface area (TPSA) is 59.3 Å². The van der Waals surface area contributed by atoms with E-state index in [9.17, 15) is 4.79 Å². The number of amides is 1. The van der Waals surface area contributed by atoms with Gasteiger partial charge in [0.1, 0.15) is 5.69 Å². The molecule has 0 saturated heterocycles. The lowest BCUT2D eigenvalue weighted by atomic mass is 9.88. The Kier molecular flexibility index (Phi) is 3.33. The van der Waals surface area contributed by atoms with Crippen LogP contribution < -0.4 is 5.32 Å². The molecule has 0 radical (unpaired) electrons. The number of aromatic nitrogens is 3. The normalized spacial score (nSPS) is 17.0. The van der Waals surface area contributed by atoms with Crippen LogP contribution in [0, 0.1) is 6.92 Å². The zero-order valence-electron chi connectivity index (χ0n) is 13.0. The smallest absolute Gasteiger partial charge is 0.270 e. The van der Waals surface area contributed by atoms with Gasteiger partial charge in [0.15, 0.2) is 0 Å². The number of carbonyl (C=O) groups is 1. The van der Waals surface area contributed by atoms with Gasteiger partial charge in [-0.05, 0) is 43.4 Å². The van der Waals surface area contributed by atoms with Crippen LogP contribution in [0.2, 0.25) is 0 Å². The highest BCUT2D eigenvalue weighted by molar-refractivity contribution is 5.94. The van der Waals surface area contributed by atoms with Crippen molar-refractivity contribution in [1.82, 2.24) is 19.7 Å². The maximum absolute atomic E-state index is 12.7. The number of nitrogens with zero attached hydrogens (tertiary/aromatic N) is 3. The standard InChI is InChI=1S/C18H18N4O/c1-12-16(22-10-4-9-19-18(22)20-12)17(23)21-15-8-7-13-5-2-3-6-14(13)11-15/h2-6,9-10,15H,7-8,11H2,1H3,(H,21,23)/t15-/m1/s1. The molecule has 116 valence electrons. The first-order valence-corrected chi connectivity index (χ1v) is 7.89. The van der Waals surface area contributed by atoms with Gasteiger partial charge in [-0.1, -0.05) is 24.3 Å². The largest absolute Gasteiger partial charge is 0.348 e. The quantitative estimate of drug-likeness (QED) is 0.790. The van der Waals surface area contributed by atoms with E-state index in [1.165, 1.54) is 11.1 Å². The summed E-state index contributed by atoms with van der Waals surface area (Å²) in [7, 11) is 0. The number of carbonyl (C=O) groups excluding carboxylic acids is 1. The fraction of sp³-hybridized carbons (Fsp3) is 0.278. The minimum atomic E-state index is -0.0765. The molecule has 23 heavy (non-hydrogen) atoms. The van der Waals surface area contributed by atoms with Crippen LogP contribution in [0.4, 0.5) is 0 Å². The van der Waals surface area contributed by atoms with Gasteiger partial charge < -0.3 is 5.32 Å². The van der Waals surface area contributed by atoms with Crippen LogP contribution in [-0.4, -0.2) is 26.3 Å². The minimum absolute atomic E-state index is 0.0765. The molecule has 1 amide bonds. The molecule has 0 fully saturated rings. The molecule has 0 aliphatic heterocycles. The zero-order chi connectivity index (χ0) is 15.8. The molecule has 0 unspecified atom stereocenters. The molecule has 1 aliphatic carbocycles. The van der Waals surface area contributed by atoms with Crippen molar-refractivity contribution < 1.29 is 4.79 Å². The first-order chi connectivity index (χ1) is 11.2. The Bertz CT molecular complexity index is 884. The molecule has 4 rings (SSSR count). The average molecular weight is 306 g/mol. The second kappa shape index (κ2) is 5.50. The maximum Gasteiger partial charge on any atom is 0.270 e. The summed E-state index contributed by atoms with van der Waals surface area (Å²) in [5, 5.41) is 3.17. The Morgan fingerprint density at radius 3 is 2.96 bits per heavy atom. The third kappa shape index (κ3) is 2.48. The van der Waals surface area contributed by atoms with E-state index < -0.39 is 0 Å². The van der Waals surface area contributed by atoms with Crippen LogP contribution in [0.3, 0.4) is 0 Å². The third-order valence-electron chi connectivity index (χ3n) is 4.48. The second-order valence-corrected chi connectivity index (χ2v) is 6.02. The highest BCUT2D eigenvalue weighted by atomic mass is 16.2. The van der Waals surface area contributed by atoms with E-state index in [0.29, 0.717) is 17.2 Å². The van der Waals surface area contributed by atoms with E-state index in [4.69, 9.17) is 0 Å². The van der Waals surface area contributed by atoms with E-state index in [-0.39, 0.29) is 11.9 Å². The molecule has 1 atom stereocenters. The number of fused-ring (bicyclic) bond motifs is 2. The number of rotatable bonds is 2. The van der Waals surface area contributed by atoms with Gasteiger partial charge in [0, 0.05) is 18.4 Å². The fourth-order valence-electron chi connectivity index (χ4n) is 3.35. The molecule has 1 N–H and O–H groups in total. The molecule has 0 spiro atoms. The number of nitrogens with one attached hydrogen (secondary N) is 1. The highest BCUT2D eigenvalue weighted by Crippen LogP contribution is 2.21. The number of hydrogen-bond acceptors (Lipinski definition) is 3. The molecule has 2 aromatic heterocycles. The van der Waals surface area contributed by atoms with Gasteiger partial charge in [0.2, 0.25) is 5.78 Å². The molecule has 5 nitrogen and oxygen atoms in total. The van der Waals surface area contributed by atoms with Gasteiger partial charge in [0.05, 0.1) is 5.69 Å². The zero-order valence-corrected chi connectivity index (χ0v) is 13.0. The van der Waals surface area contributed by atoms with E-state index in [1.54, 1.807) is 10.6 Å². The van der Waals surface area contributed by atoms with Gasteiger partial charge >= 0.3 is 0 Å². The number of aryl methyl sites for hydroxylation is 2. The van der Waals surface area contributed by atoms with E-state index in [2.05, 4.69) is 39.6 Å². The van der Waals surface area contributed by atoms with Crippen LogP contribution in [0.25, 0.3) is 5.78 Å². The lowest BCUT2D eigenvalue weighted by molar-refractivity contribution is 0.0927. The fourth-order valence-corrected chi connectivity index (χ4v) is 3.35. The van der Waals surface area contributed by atoms with Crippen molar-refractivity contribution in [2.45, 2.75) is 32.2 Å². The van der Waals surface area contributed by atoms with E-state index in [1.807, 2.05) is 19.2 Å². The van der Waals surface area contributed by atoms with Gasteiger partial charge in [-0.15, -0.1) is 0 Å². The molecule has 3 aromatic rings. The van der Waals surface area contributed by atoms with Crippen LogP contribution in [0.5, 0.6) is 0 Å². The lowest BCUT2D eigenvalue weighted by Gasteiger charge is -2.25. The second-order valence-electron chi connectivity index (χ2n) is 6.02. The predicted octanol–water partition coefficient (Wildman–Crippen LogP) is 2.33. The maximum atomic E-state index is 12.7. The SMILES string of the molecule is Cc1nc2ncccn2c1C(=O)N[C@@H]1CCc2ccccc2C1. The Labute approximate surface area is 134 Å². The van der Waals surface area contributed by atoms with Crippen molar-refractivity contribution in [2.75, 3.05) is 0 Å². The summed E-state index contributed by atoms with van der Waals surface area (Å²) in [5.74, 6) is 0.483. The molecule has 5 heteroatoms. The van der Waals surface area contributed by atoms with Crippen LogP contribution >= 0.6 is 0 Å². The van der Waals surface area contributed by atoms with Gasteiger partial charge in [-0.25, -0.2) is 9.97 Å². The Morgan fingerprint density at radius 1 is 1.26 bits per heavy atom. The van der Waals surface area contributed by atoms with Crippen molar-refractivity contribution >= 4 is 11.7 Å². The summed E-state index contributed by atoms with van der Waals surface area (Å²) in [6, 6.07) is 10.4. The monoisotopic (exact) mass is 306 g/mol. The summed E-state index contributed by atoms with van der Waals surface area (Å²) >= 11 is 0. The lowest BCUT2D eigenvalue weighted by Crippen LogP contribution is -2.39. The molecule has 1 aromatic carbocycles. The summed E-state index contributed by atoms with van der Waals surface area (Å²) in [4.78, 5) is 21.3. The van der Waals surface area contributed by atoms with Crippen molar-refractivity contribution in [2.24, 2.45) is 0 Å². The van der Waals surface area contributed by atoms with E-state index >= 15 is 0 Å². The first-order valence-electron chi connectivity index (χ1n) is 7.89. The van der Waals surface area contributed by atoms with Crippen LogP contribution in [0.15, 0.2) is 42.7 Å². The Balaban J connectivity index is 1.57.